The summed E-state index contributed by atoms with van der Waals surface area (Å²) in [4.78, 5) is 101. The summed E-state index contributed by atoms with van der Waals surface area (Å²) >= 11 is 0. The second-order valence-electron chi connectivity index (χ2n) is 11.9. The number of nitrogens with one attached hydrogen (secondary N) is 3. The van der Waals surface area contributed by atoms with Gasteiger partial charge in [-0.2, -0.15) is 0 Å². The van der Waals surface area contributed by atoms with Crippen molar-refractivity contribution in [3.8, 4) is 5.75 Å². The molecule has 3 heterocycles. The Kier molecular flexibility index (Phi) is 11.5. The third kappa shape index (κ3) is 8.06. The minimum atomic E-state index is -1.12. The van der Waals surface area contributed by atoms with E-state index in [1.54, 1.807) is 18.2 Å². The molecule has 6 rings (SSSR count). The lowest BCUT2D eigenvalue weighted by Gasteiger charge is -2.27. The monoisotopic (exact) mass is 730 g/mol. The molecule has 1 saturated heterocycles. The van der Waals surface area contributed by atoms with E-state index in [1.165, 1.54) is 30.3 Å². The lowest BCUT2D eigenvalue weighted by Crippen LogP contribution is -2.54. The molecule has 17 heteroatoms. The normalized spacial score (nSPS) is 16.2. The maximum atomic E-state index is 13.1. The number of hydrogen-bond donors (Lipinski definition) is 3. The van der Waals surface area contributed by atoms with Crippen molar-refractivity contribution < 1.29 is 61.7 Å². The number of amides is 6. The fraction of sp³-hybridized carbons (Fsp3) is 0.333. The minimum Gasteiger partial charge on any atom is -0.483 e. The quantitative estimate of drug-likeness (QED) is 0.0991. The third-order valence-electron chi connectivity index (χ3n) is 8.46. The number of hydrogen-bond acceptors (Lipinski definition) is 13. The van der Waals surface area contributed by atoms with Crippen LogP contribution in [0.1, 0.15) is 76.2 Å². The first-order valence-electron chi connectivity index (χ1n) is 16.7. The molecule has 0 bridgehead atoms. The van der Waals surface area contributed by atoms with E-state index in [2.05, 4.69) is 16.0 Å². The highest BCUT2D eigenvalue weighted by molar-refractivity contribution is 6.28. The minimum absolute atomic E-state index is 0.00463. The predicted molar refractivity (Wildman–Crippen MR) is 178 cm³/mol. The van der Waals surface area contributed by atoms with Crippen molar-refractivity contribution in [2.45, 2.75) is 18.9 Å². The van der Waals surface area contributed by atoms with Gasteiger partial charge >= 0.3 is 0 Å². The van der Waals surface area contributed by atoms with Gasteiger partial charge in [-0.1, -0.05) is 30.3 Å². The third-order valence-corrected chi connectivity index (χ3v) is 8.46. The van der Waals surface area contributed by atoms with E-state index in [9.17, 15) is 38.4 Å². The van der Waals surface area contributed by atoms with Gasteiger partial charge in [-0.05, 0) is 18.6 Å². The zero-order valence-electron chi connectivity index (χ0n) is 28.2. The van der Waals surface area contributed by atoms with Crippen molar-refractivity contribution in [3.63, 3.8) is 0 Å². The molecule has 1 atom stereocenters. The molecule has 17 nitrogen and oxygen atoms in total. The zero-order valence-corrected chi connectivity index (χ0v) is 28.2. The van der Waals surface area contributed by atoms with E-state index in [1.807, 2.05) is 0 Å². The number of nitrogens with zero attached hydrogens (tertiary/aromatic N) is 1. The summed E-state index contributed by atoms with van der Waals surface area (Å²) in [7, 11) is 0. The van der Waals surface area contributed by atoms with Crippen molar-refractivity contribution in [2.75, 3.05) is 59.3 Å². The second kappa shape index (κ2) is 16.5. The van der Waals surface area contributed by atoms with Crippen LogP contribution in [0.5, 0.6) is 5.75 Å². The molecular weight excluding hydrogens is 696 g/mol. The van der Waals surface area contributed by atoms with Gasteiger partial charge in [0.25, 0.3) is 23.6 Å². The molecule has 1 unspecified atom stereocenters. The number of furan rings is 1. The summed E-state index contributed by atoms with van der Waals surface area (Å²) in [6, 6.07) is 10.9. The first-order chi connectivity index (χ1) is 25.7. The van der Waals surface area contributed by atoms with Crippen LogP contribution in [0.2, 0.25) is 0 Å². The van der Waals surface area contributed by atoms with Gasteiger partial charge in [-0.3, -0.25) is 48.6 Å². The van der Waals surface area contributed by atoms with E-state index in [0.717, 1.165) is 4.90 Å². The van der Waals surface area contributed by atoms with Gasteiger partial charge in [0.1, 0.15) is 11.8 Å². The topological polar surface area (TPSA) is 226 Å². The number of fused-ring (bicyclic) bond motifs is 3. The summed E-state index contributed by atoms with van der Waals surface area (Å²) in [5, 5.41) is 7.37. The van der Waals surface area contributed by atoms with Crippen molar-refractivity contribution in [1.82, 2.24) is 20.9 Å². The summed E-state index contributed by atoms with van der Waals surface area (Å²) in [6.45, 7) is 1.29. The second-order valence-corrected chi connectivity index (χ2v) is 11.9. The largest absolute Gasteiger partial charge is 0.483 e. The highest BCUT2D eigenvalue weighted by Crippen LogP contribution is 2.34. The Labute approximate surface area is 301 Å². The standard InChI is InChI=1S/C36H34N4O13/c41-27-9-8-24(33(45)39-27)40-35(47)22-6-3-7-25(29(22)36(40)48)52-19-28(42)37-10-12-49-14-16-51-17-15-50-13-11-38-34(46)26-18-23-30(43)20-4-1-2-5-21(20)31(44)32(23)53-26/h1-7,18,24H,8-17,19H2,(H,37,42)(H,38,46)(H,39,41,45). The zero-order chi connectivity index (χ0) is 37.5. The molecule has 2 aromatic carbocycles. The SMILES string of the molecule is O=C(COc1cccc2c1C(=O)N(C1CCC(=O)NC1=O)C2=O)NCCOCCOCCOCCNC(=O)c1cc2c(o1)C(=O)c1ccccc1C2=O. The van der Waals surface area contributed by atoms with Crippen molar-refractivity contribution in [1.29, 1.82) is 0 Å². The van der Waals surface area contributed by atoms with E-state index < -0.39 is 53.9 Å². The lowest BCUT2D eigenvalue weighted by atomic mass is 9.89. The van der Waals surface area contributed by atoms with E-state index >= 15 is 0 Å². The molecule has 1 aliphatic carbocycles. The average Bonchev–Trinajstić information content (AvgIpc) is 3.72. The maximum absolute atomic E-state index is 13.1. The molecule has 0 radical (unpaired) electrons. The molecule has 3 aromatic rings. The van der Waals surface area contributed by atoms with Crippen LogP contribution < -0.4 is 20.7 Å². The van der Waals surface area contributed by atoms with Crippen molar-refractivity contribution in [3.05, 3.63) is 87.9 Å². The van der Waals surface area contributed by atoms with Gasteiger partial charge in [0.05, 0.1) is 56.3 Å². The van der Waals surface area contributed by atoms with Gasteiger partial charge < -0.3 is 34.0 Å². The molecule has 3 aliphatic rings. The number of imide groups is 2. The van der Waals surface area contributed by atoms with Crippen LogP contribution in [0.25, 0.3) is 0 Å². The van der Waals surface area contributed by atoms with Crippen molar-refractivity contribution >= 4 is 47.0 Å². The van der Waals surface area contributed by atoms with Crippen molar-refractivity contribution in [2.24, 2.45) is 0 Å². The van der Waals surface area contributed by atoms with Crippen LogP contribution in [0.15, 0.2) is 52.9 Å². The molecule has 1 fully saturated rings. The molecule has 53 heavy (non-hydrogen) atoms. The Bertz CT molecular complexity index is 1930. The van der Waals surface area contributed by atoms with Crippen LogP contribution in [-0.4, -0.2) is 117 Å². The first kappa shape index (κ1) is 36.7. The number of ether oxygens (including phenoxy) is 4. The molecule has 1 aromatic heterocycles. The molecule has 3 N–H and O–H groups in total. The Morgan fingerprint density at radius 3 is 2.09 bits per heavy atom. The Hall–Kier alpha value is -6.04. The van der Waals surface area contributed by atoms with Crippen LogP contribution in [0.3, 0.4) is 0 Å². The molecular formula is C36H34N4O13. The summed E-state index contributed by atoms with van der Waals surface area (Å²) < 4.78 is 27.3. The van der Waals surface area contributed by atoms with E-state index in [4.69, 9.17) is 23.4 Å². The lowest BCUT2D eigenvalue weighted by molar-refractivity contribution is -0.136. The van der Waals surface area contributed by atoms with Crippen LogP contribution in [-0.2, 0) is 28.6 Å². The summed E-state index contributed by atoms with van der Waals surface area (Å²) in [6.07, 6.45) is 0.0144. The average molecular weight is 731 g/mol. The van der Waals surface area contributed by atoms with Crippen LogP contribution >= 0.6 is 0 Å². The van der Waals surface area contributed by atoms with Gasteiger partial charge in [0, 0.05) is 36.7 Å². The Morgan fingerprint density at radius 2 is 1.40 bits per heavy atom. The first-order valence-corrected chi connectivity index (χ1v) is 16.7. The van der Waals surface area contributed by atoms with Gasteiger partial charge in [0.2, 0.25) is 17.6 Å². The molecule has 2 aliphatic heterocycles. The maximum Gasteiger partial charge on any atom is 0.287 e. The highest BCUT2D eigenvalue weighted by Gasteiger charge is 2.46. The van der Waals surface area contributed by atoms with E-state index in [0.29, 0.717) is 0 Å². The smallest absolute Gasteiger partial charge is 0.287 e. The number of ketones is 2. The van der Waals surface area contributed by atoms with Gasteiger partial charge in [0.15, 0.2) is 23.9 Å². The fourth-order valence-corrected chi connectivity index (χ4v) is 5.91. The highest BCUT2D eigenvalue weighted by atomic mass is 16.5. The number of carbonyl (C=O) groups is 8. The Balaban J connectivity index is 0.794. The number of piperidine rings is 1. The van der Waals surface area contributed by atoms with Gasteiger partial charge in [-0.25, -0.2) is 0 Å². The van der Waals surface area contributed by atoms with Crippen LogP contribution in [0.4, 0.5) is 0 Å². The number of carbonyl (C=O) groups excluding carboxylic acids is 8. The summed E-state index contributed by atoms with van der Waals surface area (Å²) in [5.41, 5.74) is 0.551. The molecule has 6 amide bonds. The number of benzene rings is 2. The predicted octanol–water partition coefficient (Wildman–Crippen LogP) is 0.431. The van der Waals surface area contributed by atoms with Crippen LogP contribution in [0, 0.1) is 0 Å². The molecule has 276 valence electrons. The molecule has 0 saturated carbocycles. The Morgan fingerprint density at radius 1 is 0.755 bits per heavy atom. The molecule has 0 spiro atoms. The fourth-order valence-electron chi connectivity index (χ4n) is 5.91. The van der Waals surface area contributed by atoms with E-state index in [-0.39, 0.29) is 116 Å². The van der Waals surface area contributed by atoms with Gasteiger partial charge in [-0.15, -0.1) is 0 Å². The summed E-state index contributed by atoms with van der Waals surface area (Å²) in [5.74, 6) is -4.80. The number of rotatable bonds is 17.